The van der Waals surface area contributed by atoms with E-state index in [1.807, 2.05) is 32.6 Å². The number of hydrogen-bond donors (Lipinski definition) is 0. The standard InChI is InChI=1S/C12H22N2O3/c1-10(14-5-7-16-8-6-14)13-11(15)17-9-12(2,3)4/h5-9H2,1-4H3/b13-10-. The molecule has 1 heterocycles. The second-order valence-electron chi connectivity index (χ2n) is 5.37. The lowest BCUT2D eigenvalue weighted by atomic mass is 9.99. The van der Waals surface area contributed by atoms with E-state index < -0.39 is 6.09 Å². The Morgan fingerprint density at radius 3 is 2.47 bits per heavy atom. The molecular formula is C12H22N2O3. The van der Waals surface area contributed by atoms with Crippen molar-refractivity contribution in [3.63, 3.8) is 0 Å². The molecule has 1 fully saturated rings. The number of aliphatic imine (C=N–C) groups is 1. The van der Waals surface area contributed by atoms with Gasteiger partial charge >= 0.3 is 6.09 Å². The van der Waals surface area contributed by atoms with Crippen molar-refractivity contribution in [2.45, 2.75) is 27.7 Å². The minimum absolute atomic E-state index is 0.0297. The first-order valence-corrected chi connectivity index (χ1v) is 5.93. The van der Waals surface area contributed by atoms with Crippen molar-refractivity contribution in [1.29, 1.82) is 0 Å². The minimum atomic E-state index is -0.510. The van der Waals surface area contributed by atoms with Gasteiger partial charge in [-0.1, -0.05) is 20.8 Å². The van der Waals surface area contributed by atoms with Gasteiger partial charge in [0, 0.05) is 13.1 Å². The third-order valence-electron chi connectivity index (χ3n) is 2.35. The number of rotatable bonds is 1. The van der Waals surface area contributed by atoms with Crippen LogP contribution in [0.4, 0.5) is 4.79 Å². The molecular weight excluding hydrogens is 220 g/mol. The van der Waals surface area contributed by atoms with E-state index in [2.05, 4.69) is 4.99 Å². The molecule has 0 spiro atoms. The van der Waals surface area contributed by atoms with Crippen molar-refractivity contribution >= 4 is 11.9 Å². The Morgan fingerprint density at radius 2 is 1.94 bits per heavy atom. The summed E-state index contributed by atoms with van der Waals surface area (Å²) < 4.78 is 10.3. The molecule has 98 valence electrons. The summed E-state index contributed by atoms with van der Waals surface area (Å²) in [6.45, 7) is 11.2. The van der Waals surface area contributed by atoms with Crippen LogP contribution in [0, 0.1) is 5.41 Å². The highest BCUT2D eigenvalue weighted by atomic mass is 16.5. The summed E-state index contributed by atoms with van der Waals surface area (Å²) in [5.74, 6) is 0.701. The zero-order valence-electron chi connectivity index (χ0n) is 11.2. The maximum Gasteiger partial charge on any atom is 0.435 e. The number of ether oxygens (including phenoxy) is 2. The Balaban J connectivity index is 2.41. The highest BCUT2D eigenvalue weighted by Crippen LogP contribution is 2.13. The second-order valence-corrected chi connectivity index (χ2v) is 5.37. The fourth-order valence-electron chi connectivity index (χ4n) is 1.40. The Bertz CT molecular complexity index is 289. The Hall–Kier alpha value is -1.10. The lowest BCUT2D eigenvalue weighted by molar-refractivity contribution is 0.0673. The lowest BCUT2D eigenvalue weighted by Crippen LogP contribution is -2.39. The van der Waals surface area contributed by atoms with Gasteiger partial charge in [0.15, 0.2) is 0 Å². The quantitative estimate of drug-likeness (QED) is 0.520. The number of carbonyl (C=O) groups is 1. The number of nitrogens with zero attached hydrogens (tertiary/aromatic N) is 2. The van der Waals surface area contributed by atoms with Crippen LogP contribution in [-0.4, -0.2) is 49.7 Å². The molecule has 5 heteroatoms. The molecule has 0 aromatic rings. The molecule has 1 aliphatic rings. The molecule has 1 saturated heterocycles. The van der Waals surface area contributed by atoms with Gasteiger partial charge in [0.05, 0.1) is 19.8 Å². The first-order valence-electron chi connectivity index (χ1n) is 5.93. The molecule has 0 saturated carbocycles. The molecule has 0 unspecified atom stereocenters. The Morgan fingerprint density at radius 1 is 1.35 bits per heavy atom. The van der Waals surface area contributed by atoms with Crippen LogP contribution in [0.3, 0.4) is 0 Å². The van der Waals surface area contributed by atoms with Crippen LogP contribution in [0.15, 0.2) is 4.99 Å². The first kappa shape index (κ1) is 14.0. The van der Waals surface area contributed by atoms with Gasteiger partial charge in [-0.25, -0.2) is 4.79 Å². The zero-order valence-corrected chi connectivity index (χ0v) is 11.2. The van der Waals surface area contributed by atoms with E-state index in [9.17, 15) is 4.79 Å². The van der Waals surface area contributed by atoms with Crippen LogP contribution < -0.4 is 0 Å². The van der Waals surface area contributed by atoms with Crippen LogP contribution >= 0.6 is 0 Å². The fraction of sp³-hybridized carbons (Fsp3) is 0.833. The maximum atomic E-state index is 11.5. The average molecular weight is 242 g/mol. The van der Waals surface area contributed by atoms with Gasteiger partial charge in [-0.05, 0) is 12.3 Å². The summed E-state index contributed by atoms with van der Waals surface area (Å²) in [7, 11) is 0. The van der Waals surface area contributed by atoms with E-state index in [4.69, 9.17) is 9.47 Å². The molecule has 17 heavy (non-hydrogen) atoms. The van der Waals surface area contributed by atoms with E-state index >= 15 is 0 Å². The summed E-state index contributed by atoms with van der Waals surface area (Å²) in [4.78, 5) is 17.4. The summed E-state index contributed by atoms with van der Waals surface area (Å²) in [5, 5.41) is 0. The van der Waals surface area contributed by atoms with E-state index in [0.717, 1.165) is 13.1 Å². The molecule has 1 aliphatic heterocycles. The van der Waals surface area contributed by atoms with Crippen LogP contribution in [0.25, 0.3) is 0 Å². The topological polar surface area (TPSA) is 51.1 Å². The molecule has 0 aromatic heterocycles. The molecule has 0 N–H and O–H groups in total. The van der Waals surface area contributed by atoms with E-state index in [-0.39, 0.29) is 5.41 Å². The predicted molar refractivity (Wildman–Crippen MR) is 66.3 cm³/mol. The summed E-state index contributed by atoms with van der Waals surface area (Å²) in [6, 6.07) is 0. The molecule has 0 aromatic carbocycles. The summed E-state index contributed by atoms with van der Waals surface area (Å²) in [5.41, 5.74) is -0.0297. The third kappa shape index (κ3) is 5.68. The number of amidine groups is 1. The molecule has 1 amide bonds. The predicted octanol–water partition coefficient (Wildman–Crippen LogP) is 1.92. The van der Waals surface area contributed by atoms with Gasteiger partial charge in [-0.3, -0.25) is 0 Å². The normalized spacial score (nSPS) is 18.1. The number of hydrogen-bond acceptors (Lipinski definition) is 3. The second kappa shape index (κ2) is 6.00. The largest absolute Gasteiger partial charge is 0.447 e. The van der Waals surface area contributed by atoms with E-state index in [0.29, 0.717) is 25.7 Å². The van der Waals surface area contributed by atoms with Gasteiger partial charge in [-0.2, -0.15) is 4.99 Å². The number of morpholine rings is 1. The molecule has 1 rings (SSSR count). The van der Waals surface area contributed by atoms with Crippen molar-refractivity contribution < 1.29 is 14.3 Å². The van der Waals surface area contributed by atoms with Crippen molar-refractivity contribution in [3.05, 3.63) is 0 Å². The van der Waals surface area contributed by atoms with Crippen molar-refractivity contribution in [3.8, 4) is 0 Å². The molecule has 0 bridgehead atoms. The summed E-state index contributed by atoms with van der Waals surface area (Å²) >= 11 is 0. The monoisotopic (exact) mass is 242 g/mol. The maximum absolute atomic E-state index is 11.5. The highest BCUT2D eigenvalue weighted by molar-refractivity contribution is 5.90. The Labute approximate surface area is 103 Å². The zero-order chi connectivity index (χ0) is 12.9. The van der Waals surface area contributed by atoms with Gasteiger partial charge in [-0.15, -0.1) is 0 Å². The SMILES string of the molecule is C/C(=N/C(=O)OCC(C)(C)C)N1CCOCC1. The van der Waals surface area contributed by atoms with Crippen LogP contribution in [0.2, 0.25) is 0 Å². The van der Waals surface area contributed by atoms with Crippen molar-refractivity contribution in [2.75, 3.05) is 32.9 Å². The number of amides is 1. The number of carbonyl (C=O) groups excluding carboxylic acids is 1. The van der Waals surface area contributed by atoms with Gasteiger partial charge < -0.3 is 14.4 Å². The van der Waals surface area contributed by atoms with Crippen LogP contribution in [0.1, 0.15) is 27.7 Å². The van der Waals surface area contributed by atoms with Gasteiger partial charge in [0.1, 0.15) is 5.84 Å². The minimum Gasteiger partial charge on any atom is -0.447 e. The lowest BCUT2D eigenvalue weighted by Gasteiger charge is -2.28. The van der Waals surface area contributed by atoms with Crippen LogP contribution in [0.5, 0.6) is 0 Å². The molecule has 5 nitrogen and oxygen atoms in total. The van der Waals surface area contributed by atoms with Gasteiger partial charge in [0.25, 0.3) is 0 Å². The van der Waals surface area contributed by atoms with Gasteiger partial charge in [0.2, 0.25) is 0 Å². The highest BCUT2D eigenvalue weighted by Gasteiger charge is 2.15. The first-order chi connectivity index (χ1) is 7.88. The molecule has 0 aliphatic carbocycles. The van der Waals surface area contributed by atoms with Crippen LogP contribution in [-0.2, 0) is 9.47 Å². The van der Waals surface area contributed by atoms with Crippen molar-refractivity contribution in [2.24, 2.45) is 10.4 Å². The van der Waals surface area contributed by atoms with Crippen molar-refractivity contribution in [1.82, 2.24) is 4.90 Å². The Kier molecular flexibility index (Phi) is 4.93. The smallest absolute Gasteiger partial charge is 0.435 e. The van der Waals surface area contributed by atoms with E-state index in [1.165, 1.54) is 0 Å². The fourth-order valence-corrected chi connectivity index (χ4v) is 1.40. The third-order valence-corrected chi connectivity index (χ3v) is 2.35. The summed E-state index contributed by atoms with van der Waals surface area (Å²) in [6.07, 6.45) is -0.510. The average Bonchev–Trinajstić information content (AvgIpc) is 2.27. The molecule has 0 radical (unpaired) electrons. The molecule has 0 atom stereocenters. The van der Waals surface area contributed by atoms with E-state index in [1.54, 1.807) is 0 Å².